The van der Waals surface area contributed by atoms with E-state index in [4.69, 9.17) is 20.0 Å². The molecule has 8 nitrogen and oxygen atoms in total. The zero-order valence-corrected chi connectivity index (χ0v) is 67.0. The summed E-state index contributed by atoms with van der Waals surface area (Å²) in [6.07, 6.45) is 0. The molecular weight excluding hydrogens is 1270 g/mol. The Morgan fingerprint density at radius 3 is 0.473 bits per heavy atom. The third kappa shape index (κ3) is 29.7. The van der Waals surface area contributed by atoms with Gasteiger partial charge in [-0.2, -0.15) is 0 Å². The molecule has 12 radical (unpaired) electrons. The number of nitrogens with zero attached hydrogens (tertiary/aromatic N) is 8. The average Bonchev–Trinajstić information content (AvgIpc) is 3.24. The van der Waals surface area contributed by atoms with Crippen LogP contribution in [0, 0.1) is 0 Å². The van der Waals surface area contributed by atoms with Crippen molar-refractivity contribution in [1.82, 2.24) is 15.4 Å². The van der Waals surface area contributed by atoms with Crippen molar-refractivity contribution >= 4 is 125 Å². The molecule has 0 spiro atoms. The minimum Gasteiger partial charge on any atom is 0 e. The van der Waals surface area contributed by atoms with E-state index in [-0.39, 0.29) is 79.5 Å². The molecule has 0 saturated carbocycles. The Morgan fingerprint density at radius 2 is 0.378 bits per heavy atom. The minimum absolute atomic E-state index is 0. The molecule has 0 aliphatic heterocycles. The van der Waals surface area contributed by atoms with Crippen LogP contribution in [0.15, 0.2) is 141 Å². The van der Waals surface area contributed by atoms with Crippen LogP contribution in [-0.4, -0.2) is 185 Å². The van der Waals surface area contributed by atoms with Gasteiger partial charge in [0.15, 0.2) is 0 Å². The number of hydrogen-bond acceptors (Lipinski definition) is 4. The van der Waals surface area contributed by atoms with Gasteiger partial charge in [0.1, 0.15) is 0 Å². The van der Waals surface area contributed by atoms with E-state index in [1.807, 2.05) is 24.3 Å². The molecule has 4 rings (SSSR count). The van der Waals surface area contributed by atoms with Crippen molar-refractivity contribution in [2.24, 2.45) is 20.0 Å². The smallest absolute Gasteiger partial charge is 0 e. The number of benzene rings is 4. The van der Waals surface area contributed by atoms with Gasteiger partial charge in [0.25, 0.3) is 0 Å². The first-order valence-electron chi connectivity index (χ1n) is 25.5. The van der Waals surface area contributed by atoms with Crippen LogP contribution in [0.2, 0.25) is 0 Å². The molecule has 74 heavy (non-hydrogen) atoms. The molecule has 0 amide bonds. The van der Waals surface area contributed by atoms with Gasteiger partial charge in [0, 0.05) is 35.2 Å². The average molecular weight is 1370 g/mol. The van der Waals surface area contributed by atoms with Crippen LogP contribution < -0.4 is 0 Å². The van der Waals surface area contributed by atoms with Gasteiger partial charge in [-0.3, -0.25) is 0 Å². The van der Waals surface area contributed by atoms with Crippen molar-refractivity contribution in [3.8, 4) is 0 Å². The van der Waals surface area contributed by atoms with E-state index in [0.29, 0.717) is 0 Å². The first kappa shape index (κ1) is 74.1. The predicted octanol–water partition coefficient (Wildman–Crippen LogP) is 10.8. The molecule has 0 unspecified atom stereocenters. The van der Waals surface area contributed by atoms with E-state index >= 15 is 0 Å². The number of hydrogen-bond donors (Lipinski definition) is 0. The summed E-state index contributed by atoms with van der Waals surface area (Å²) in [6, 6.07) is 41.9. The molecular formula is C60H100Ge6N8. The van der Waals surface area contributed by atoms with Crippen LogP contribution in [-0.2, 0) is 0 Å². The molecule has 0 aliphatic rings. The van der Waals surface area contributed by atoms with E-state index in [0.717, 1.165) is 90.3 Å². The zero-order chi connectivity index (χ0) is 55.9. The van der Waals surface area contributed by atoms with Gasteiger partial charge >= 0.3 is 480 Å². The molecule has 0 saturated heterocycles. The van der Waals surface area contributed by atoms with Gasteiger partial charge < -0.3 is 0 Å². The second kappa shape index (κ2) is 31.0. The van der Waals surface area contributed by atoms with E-state index in [2.05, 4.69) is 279 Å². The van der Waals surface area contributed by atoms with Gasteiger partial charge in [-0.25, -0.2) is 0 Å². The molecule has 404 valence electrons. The topological polar surface area (TPSA) is 62.4 Å². The zero-order valence-electron chi connectivity index (χ0n) is 51.0. The predicted molar refractivity (Wildman–Crippen MR) is 343 cm³/mol. The molecule has 0 N–H and O–H groups in total. The fraction of sp³-hybridized carbons (Fsp3) is 0.533. The van der Waals surface area contributed by atoms with Crippen molar-refractivity contribution in [3.05, 3.63) is 144 Å². The summed E-state index contributed by atoms with van der Waals surface area (Å²) in [5.41, 5.74) is 5.02. The minimum atomic E-state index is -0.0587. The summed E-state index contributed by atoms with van der Waals surface area (Å²) in [7, 11) is 0. The van der Waals surface area contributed by atoms with Crippen LogP contribution >= 0.6 is 0 Å². The molecule has 0 aliphatic carbocycles. The van der Waals surface area contributed by atoms with E-state index < -0.39 is 0 Å². The molecule has 0 heterocycles. The Hall–Kier alpha value is -1.98. The van der Waals surface area contributed by atoms with Crippen molar-refractivity contribution < 1.29 is 0 Å². The number of amidine groups is 4. The molecule has 0 bridgehead atoms. The van der Waals surface area contributed by atoms with E-state index in [9.17, 15) is 0 Å². The Balaban J connectivity index is 0. The summed E-state index contributed by atoms with van der Waals surface area (Å²) in [6.45, 7) is 52.5. The van der Waals surface area contributed by atoms with Crippen LogP contribution in [0.25, 0.3) is 0 Å². The molecule has 0 aromatic heterocycles. The first-order valence-corrected chi connectivity index (χ1v) is 30.8. The van der Waals surface area contributed by atoms with Gasteiger partial charge in [-0.05, 0) is 0 Å². The second-order valence-corrected chi connectivity index (χ2v) is 31.6. The van der Waals surface area contributed by atoms with Gasteiger partial charge in [-0.1, -0.05) is 0 Å². The molecule has 0 fully saturated rings. The van der Waals surface area contributed by atoms with E-state index in [1.165, 1.54) is 22.3 Å². The normalized spacial score (nSPS) is 13.2. The molecule has 0 atom stereocenters. The van der Waals surface area contributed by atoms with Crippen molar-refractivity contribution in [1.29, 1.82) is 0 Å². The van der Waals surface area contributed by atoms with Crippen LogP contribution in [0.4, 0.5) is 0 Å². The largest absolute Gasteiger partial charge is 0 e. The third-order valence-corrected chi connectivity index (χ3v) is 20.6. The van der Waals surface area contributed by atoms with E-state index in [1.54, 1.807) is 0 Å². The number of rotatable bonds is 4. The third-order valence-electron chi connectivity index (χ3n) is 10.2. The van der Waals surface area contributed by atoms with Crippen LogP contribution in [0.5, 0.6) is 0 Å². The summed E-state index contributed by atoms with van der Waals surface area (Å²) in [4.78, 5) is 19.7. The molecule has 14 heteroatoms. The van der Waals surface area contributed by atoms with Gasteiger partial charge in [-0.15, -0.1) is 0 Å². The molecule has 4 aromatic rings. The Kier molecular flexibility index (Phi) is 31.0. The van der Waals surface area contributed by atoms with Crippen molar-refractivity contribution in [2.45, 2.75) is 210 Å². The van der Waals surface area contributed by atoms with Gasteiger partial charge in [0.05, 0.1) is 0 Å². The summed E-state index contributed by atoms with van der Waals surface area (Å²) in [5.74, 6) is 4.43. The Bertz CT molecular complexity index is 1980. The SMILES string of the molecule is CC(C)(C)N=C(c1ccccc1)[N]([GeH2])C(C)(C)C.CC(C)(C)N=C(c1ccccc1)[N]([GeH2])C(C)(C)C.CC(C)(C)N=C(c1ccccc1)[N]([GeH2])C(C)(C)C.CC(C)(C)N=C(c1ccccc1)[N]([GeH2])C(C)(C)C.[Ge].[Ge]. The molecule has 4 aromatic carbocycles. The van der Waals surface area contributed by atoms with Crippen LogP contribution in [0.3, 0.4) is 0 Å². The monoisotopic (exact) mass is 1380 g/mol. The standard InChI is InChI=1S/4C15H25GeN2.2Ge/c4*1-14(2,3)17-13(18(16)15(4,5)6)12-10-8-7-9-11-12;;/h4*7-11H,16H2,1-6H3;;. The summed E-state index contributed by atoms with van der Waals surface area (Å²) in [5, 5.41) is 0. The fourth-order valence-electron chi connectivity index (χ4n) is 6.01. The fourth-order valence-corrected chi connectivity index (χ4v) is 8.14. The van der Waals surface area contributed by atoms with Gasteiger partial charge in [0.2, 0.25) is 0 Å². The first-order chi connectivity index (χ1) is 32.4. The summed E-state index contributed by atoms with van der Waals surface area (Å²) >= 11 is 4.31. The van der Waals surface area contributed by atoms with Crippen LogP contribution in [0.1, 0.15) is 188 Å². The Morgan fingerprint density at radius 1 is 0.257 bits per heavy atom. The maximum absolute atomic E-state index is 4.92. The van der Waals surface area contributed by atoms with Crippen molar-refractivity contribution in [3.63, 3.8) is 0 Å². The number of aliphatic imine (C=N–C) groups is 4. The maximum Gasteiger partial charge on any atom is 0 e. The van der Waals surface area contributed by atoms with Crippen molar-refractivity contribution in [2.75, 3.05) is 0 Å². The quantitative estimate of drug-likeness (QED) is 0.116. The second-order valence-electron chi connectivity index (χ2n) is 26.3. The summed E-state index contributed by atoms with van der Waals surface area (Å²) < 4.78 is 9.47. The Labute approximate surface area is 510 Å². The maximum atomic E-state index is 4.92.